The molecule has 0 unspecified atom stereocenters. The number of aliphatic hydroxyl groups excluding tert-OH is 1. The Morgan fingerprint density at radius 1 is 1.00 bits per heavy atom. The first-order valence-electron chi connectivity index (χ1n) is 10.8. The lowest BCUT2D eigenvalue weighted by atomic mass is 9.87. The van der Waals surface area contributed by atoms with Gasteiger partial charge in [0.1, 0.15) is 6.61 Å². The molecule has 1 aliphatic heterocycles. The van der Waals surface area contributed by atoms with E-state index in [0.29, 0.717) is 26.1 Å². The van der Waals surface area contributed by atoms with E-state index in [-0.39, 0.29) is 25.2 Å². The molecule has 2 rings (SSSR count). The normalized spacial score (nSPS) is 15.7. The number of hydrogen-bond donors (Lipinski definition) is 1. The van der Waals surface area contributed by atoms with Crippen molar-refractivity contribution in [2.75, 3.05) is 52.5 Å². The van der Waals surface area contributed by atoms with Gasteiger partial charge in [-0.15, -0.1) is 0 Å². The first-order chi connectivity index (χ1) is 14.4. The second-order valence-electron chi connectivity index (χ2n) is 8.46. The lowest BCUT2D eigenvalue weighted by Crippen LogP contribution is -2.48. The van der Waals surface area contributed by atoms with Crippen molar-refractivity contribution in [3.63, 3.8) is 0 Å². The number of β-amino-alcohol motifs (C(OH)–C–C–N with tert-alkyl or cyclic N) is 1. The molecule has 1 aliphatic rings. The number of hydrogen-bond acceptors (Lipinski definition) is 7. The second kappa shape index (κ2) is 12.7. The molecule has 7 nitrogen and oxygen atoms in total. The predicted molar refractivity (Wildman–Crippen MR) is 115 cm³/mol. The van der Waals surface area contributed by atoms with Crippen molar-refractivity contribution in [1.82, 2.24) is 9.80 Å². The fourth-order valence-corrected chi connectivity index (χ4v) is 3.42. The highest BCUT2D eigenvalue weighted by atomic mass is 16.5. The van der Waals surface area contributed by atoms with Gasteiger partial charge in [-0.1, -0.05) is 30.3 Å². The summed E-state index contributed by atoms with van der Waals surface area (Å²) in [4.78, 5) is 28.7. The number of benzene rings is 1. The predicted octanol–water partition coefficient (Wildman–Crippen LogP) is 2.08. The third kappa shape index (κ3) is 8.81. The van der Waals surface area contributed by atoms with E-state index in [0.717, 1.165) is 44.6 Å². The number of ether oxygens (including phenoxy) is 2. The molecule has 1 fully saturated rings. The first-order valence-corrected chi connectivity index (χ1v) is 10.8. The Kier molecular flexibility index (Phi) is 10.3. The molecule has 0 bridgehead atoms. The molecule has 7 heteroatoms. The van der Waals surface area contributed by atoms with Crippen molar-refractivity contribution in [2.45, 2.75) is 39.7 Å². The van der Waals surface area contributed by atoms with E-state index >= 15 is 0 Å². The smallest absolute Gasteiger partial charge is 0.320 e. The van der Waals surface area contributed by atoms with E-state index < -0.39 is 5.41 Å². The molecule has 0 aromatic heterocycles. The van der Waals surface area contributed by atoms with Gasteiger partial charge >= 0.3 is 11.9 Å². The molecule has 0 spiro atoms. The van der Waals surface area contributed by atoms with Crippen molar-refractivity contribution in [1.29, 1.82) is 0 Å². The lowest BCUT2D eigenvalue weighted by Gasteiger charge is -2.33. The number of piperazine rings is 1. The monoisotopic (exact) mass is 420 g/mol. The molecule has 1 N–H and O–H groups in total. The van der Waals surface area contributed by atoms with Crippen LogP contribution in [-0.2, 0) is 25.7 Å². The number of carbonyl (C=O) groups is 2. The fraction of sp³-hybridized carbons (Fsp3) is 0.652. The zero-order valence-corrected chi connectivity index (χ0v) is 18.3. The summed E-state index contributed by atoms with van der Waals surface area (Å²) < 4.78 is 10.8. The largest absolute Gasteiger partial charge is 0.465 e. The van der Waals surface area contributed by atoms with Crippen molar-refractivity contribution in [2.24, 2.45) is 5.41 Å². The number of rotatable bonds is 12. The number of nitrogens with zero attached hydrogens (tertiary/aromatic N) is 2. The first kappa shape index (κ1) is 24.3. The molecule has 0 aliphatic carbocycles. The fourth-order valence-electron chi connectivity index (χ4n) is 3.42. The third-order valence-electron chi connectivity index (χ3n) is 5.46. The van der Waals surface area contributed by atoms with Gasteiger partial charge in [-0.05, 0) is 38.7 Å². The van der Waals surface area contributed by atoms with Gasteiger partial charge in [0.2, 0.25) is 0 Å². The van der Waals surface area contributed by atoms with Crippen LogP contribution in [0.2, 0.25) is 0 Å². The number of unbranched alkanes of at least 4 members (excludes halogenated alkanes) is 1. The van der Waals surface area contributed by atoms with Crippen LogP contribution in [-0.4, -0.2) is 79.3 Å². The lowest BCUT2D eigenvalue weighted by molar-refractivity contribution is -0.156. The Morgan fingerprint density at radius 2 is 1.67 bits per heavy atom. The highest BCUT2D eigenvalue weighted by molar-refractivity contribution is 5.75. The van der Waals surface area contributed by atoms with E-state index in [4.69, 9.17) is 14.6 Å². The minimum Gasteiger partial charge on any atom is -0.465 e. The Labute approximate surface area is 179 Å². The van der Waals surface area contributed by atoms with E-state index in [1.165, 1.54) is 0 Å². The topological polar surface area (TPSA) is 79.3 Å². The molecule has 1 aromatic carbocycles. The number of esters is 2. The summed E-state index contributed by atoms with van der Waals surface area (Å²) in [5, 5.41) is 8.97. The van der Waals surface area contributed by atoms with E-state index in [9.17, 15) is 9.59 Å². The van der Waals surface area contributed by atoms with Crippen LogP contribution in [0.3, 0.4) is 0 Å². The minimum absolute atomic E-state index is 0.170. The number of carbonyl (C=O) groups excluding carboxylic acids is 2. The van der Waals surface area contributed by atoms with Crippen LogP contribution in [0.5, 0.6) is 0 Å². The quantitative estimate of drug-likeness (QED) is 0.410. The molecule has 0 amide bonds. The van der Waals surface area contributed by atoms with Crippen molar-refractivity contribution < 1.29 is 24.2 Å². The molecule has 168 valence electrons. The summed E-state index contributed by atoms with van der Waals surface area (Å²) in [6.45, 7) is 8.97. The Hall–Kier alpha value is -1.96. The number of aliphatic hydroxyl groups is 1. The van der Waals surface area contributed by atoms with Gasteiger partial charge in [-0.3, -0.25) is 19.4 Å². The van der Waals surface area contributed by atoms with E-state index in [1.54, 1.807) is 0 Å². The van der Waals surface area contributed by atoms with Crippen LogP contribution in [0.1, 0.15) is 38.7 Å². The Morgan fingerprint density at radius 3 is 2.33 bits per heavy atom. The minimum atomic E-state index is -0.562. The molecule has 0 atom stereocenters. The van der Waals surface area contributed by atoms with E-state index in [1.807, 2.05) is 44.2 Å². The van der Waals surface area contributed by atoms with Crippen LogP contribution in [0.15, 0.2) is 30.3 Å². The maximum absolute atomic E-state index is 12.4. The van der Waals surface area contributed by atoms with Crippen molar-refractivity contribution in [3.8, 4) is 0 Å². The molecular weight excluding hydrogens is 384 g/mol. The Balaban J connectivity index is 1.55. The summed E-state index contributed by atoms with van der Waals surface area (Å²) in [5.74, 6) is -0.407. The maximum Gasteiger partial charge on any atom is 0.320 e. The third-order valence-corrected chi connectivity index (χ3v) is 5.46. The molecule has 1 aromatic rings. The maximum atomic E-state index is 12.4. The Bertz CT molecular complexity index is 642. The molecular formula is C23H36N2O5. The van der Waals surface area contributed by atoms with Gasteiger partial charge in [0, 0.05) is 32.7 Å². The summed E-state index contributed by atoms with van der Waals surface area (Å²) in [6, 6.07) is 9.65. The second-order valence-corrected chi connectivity index (χ2v) is 8.46. The average molecular weight is 421 g/mol. The van der Waals surface area contributed by atoms with Crippen LogP contribution in [0.25, 0.3) is 0 Å². The molecule has 1 heterocycles. The SMILES string of the molecule is CC(C)(CCCCOC(=O)CN1CCN(CCO)CC1)C(=O)OCc1ccccc1. The van der Waals surface area contributed by atoms with Crippen LogP contribution >= 0.6 is 0 Å². The van der Waals surface area contributed by atoms with Crippen molar-refractivity contribution >= 4 is 11.9 Å². The standard InChI is InChI=1S/C23H36N2O5/c1-23(2,22(28)30-19-20-8-4-3-5-9-20)10-6-7-17-29-21(27)18-25-13-11-24(12-14-25)15-16-26/h3-5,8-9,26H,6-7,10-19H2,1-2H3. The summed E-state index contributed by atoms with van der Waals surface area (Å²) in [5.41, 5.74) is 0.413. The van der Waals surface area contributed by atoms with Gasteiger partial charge in [0.15, 0.2) is 0 Å². The van der Waals surface area contributed by atoms with Crippen molar-refractivity contribution in [3.05, 3.63) is 35.9 Å². The summed E-state index contributed by atoms with van der Waals surface area (Å²) in [7, 11) is 0. The highest BCUT2D eigenvalue weighted by Crippen LogP contribution is 2.25. The summed E-state index contributed by atoms with van der Waals surface area (Å²) >= 11 is 0. The molecule has 0 radical (unpaired) electrons. The van der Waals surface area contributed by atoms with Gasteiger partial charge in [0.25, 0.3) is 0 Å². The highest BCUT2D eigenvalue weighted by Gasteiger charge is 2.28. The molecule has 30 heavy (non-hydrogen) atoms. The average Bonchev–Trinajstić information content (AvgIpc) is 2.74. The zero-order chi connectivity index (χ0) is 21.8. The summed E-state index contributed by atoms with van der Waals surface area (Å²) in [6.07, 6.45) is 2.21. The van der Waals surface area contributed by atoms with Gasteiger partial charge in [-0.25, -0.2) is 0 Å². The van der Waals surface area contributed by atoms with Gasteiger partial charge < -0.3 is 14.6 Å². The van der Waals surface area contributed by atoms with Crippen LogP contribution < -0.4 is 0 Å². The molecule has 0 saturated carbocycles. The molecule has 1 saturated heterocycles. The van der Waals surface area contributed by atoms with Gasteiger partial charge in [0.05, 0.1) is 25.2 Å². The van der Waals surface area contributed by atoms with Gasteiger partial charge in [-0.2, -0.15) is 0 Å². The van der Waals surface area contributed by atoms with Crippen LogP contribution in [0.4, 0.5) is 0 Å². The van der Waals surface area contributed by atoms with E-state index in [2.05, 4.69) is 9.80 Å². The zero-order valence-electron chi connectivity index (χ0n) is 18.3. The van der Waals surface area contributed by atoms with Crippen LogP contribution in [0, 0.1) is 5.41 Å².